The first-order valence-corrected chi connectivity index (χ1v) is 7.52. The number of hydrogen-bond donors (Lipinski definition) is 1. The molecule has 1 atom stereocenters. The van der Waals surface area contributed by atoms with Gasteiger partial charge in [0, 0.05) is 31.3 Å². The lowest BCUT2D eigenvalue weighted by Gasteiger charge is -2.19. The van der Waals surface area contributed by atoms with Gasteiger partial charge in [-0.25, -0.2) is 4.79 Å². The van der Waals surface area contributed by atoms with E-state index in [-0.39, 0.29) is 12.1 Å². The number of carbonyl (C=O) groups excluding carboxylic acids is 1. The molecule has 1 N–H and O–H groups in total. The van der Waals surface area contributed by atoms with E-state index in [9.17, 15) is 4.79 Å². The number of nitrogens with one attached hydrogen (secondary N) is 1. The molecule has 3 rings (SSSR count). The Morgan fingerprint density at radius 3 is 2.86 bits per heavy atom. The molecule has 1 aliphatic carbocycles. The van der Waals surface area contributed by atoms with Crippen molar-refractivity contribution >= 4 is 11.7 Å². The Kier molecular flexibility index (Phi) is 4.01. The van der Waals surface area contributed by atoms with Gasteiger partial charge in [0.1, 0.15) is 11.9 Å². The lowest BCUT2D eigenvalue weighted by atomic mass is 10.2. The van der Waals surface area contributed by atoms with Gasteiger partial charge in [0.05, 0.1) is 13.2 Å². The summed E-state index contributed by atoms with van der Waals surface area (Å²) in [4.78, 5) is 13.9. The first-order chi connectivity index (χ1) is 10.1. The summed E-state index contributed by atoms with van der Waals surface area (Å²) >= 11 is 0. The van der Waals surface area contributed by atoms with Crippen LogP contribution in [0.15, 0.2) is 18.2 Å². The highest BCUT2D eigenvalue weighted by Gasteiger charge is 2.29. The lowest BCUT2D eigenvalue weighted by molar-refractivity contribution is 0.141. The maximum atomic E-state index is 12.1. The molecule has 1 saturated heterocycles. The van der Waals surface area contributed by atoms with E-state index in [1.165, 1.54) is 0 Å². The summed E-state index contributed by atoms with van der Waals surface area (Å²) in [6.45, 7) is 3.40. The fourth-order valence-electron chi connectivity index (χ4n) is 2.43. The maximum Gasteiger partial charge on any atom is 0.321 e. The minimum Gasteiger partial charge on any atom is -0.488 e. The molecule has 5 heteroatoms. The number of ether oxygens (including phenoxy) is 2. The van der Waals surface area contributed by atoms with E-state index in [1.54, 1.807) is 4.90 Å². The largest absolute Gasteiger partial charge is 0.488 e. The summed E-state index contributed by atoms with van der Waals surface area (Å²) in [5.41, 5.74) is 1.84. The van der Waals surface area contributed by atoms with E-state index in [4.69, 9.17) is 9.47 Å². The molecule has 1 heterocycles. The number of benzene rings is 1. The van der Waals surface area contributed by atoms with Crippen LogP contribution in [-0.2, 0) is 4.74 Å². The van der Waals surface area contributed by atoms with Crippen molar-refractivity contribution in [2.45, 2.75) is 38.3 Å². The van der Waals surface area contributed by atoms with Crippen molar-refractivity contribution < 1.29 is 14.3 Å². The van der Waals surface area contributed by atoms with E-state index in [2.05, 4.69) is 5.32 Å². The van der Waals surface area contributed by atoms with Crippen LogP contribution >= 0.6 is 0 Å². The Labute approximate surface area is 125 Å². The molecule has 5 nitrogen and oxygen atoms in total. The Morgan fingerprint density at radius 1 is 1.38 bits per heavy atom. The number of aryl methyl sites for hydroxylation is 1. The molecule has 1 saturated carbocycles. The van der Waals surface area contributed by atoms with Gasteiger partial charge in [-0.3, -0.25) is 0 Å². The van der Waals surface area contributed by atoms with Gasteiger partial charge < -0.3 is 19.7 Å². The number of hydrogen-bond acceptors (Lipinski definition) is 3. The Bertz CT molecular complexity index is 522. The quantitative estimate of drug-likeness (QED) is 0.927. The van der Waals surface area contributed by atoms with Crippen LogP contribution in [0.3, 0.4) is 0 Å². The summed E-state index contributed by atoms with van der Waals surface area (Å²) < 4.78 is 11.3. The van der Waals surface area contributed by atoms with Crippen molar-refractivity contribution in [3.8, 4) is 5.75 Å². The van der Waals surface area contributed by atoms with E-state index < -0.39 is 0 Å². The first-order valence-electron chi connectivity index (χ1n) is 7.52. The van der Waals surface area contributed by atoms with Crippen LogP contribution in [0.1, 0.15) is 24.8 Å². The van der Waals surface area contributed by atoms with Crippen LogP contribution in [0.2, 0.25) is 0 Å². The molecule has 21 heavy (non-hydrogen) atoms. The smallest absolute Gasteiger partial charge is 0.321 e. The van der Waals surface area contributed by atoms with E-state index in [0.29, 0.717) is 12.6 Å². The molecule has 114 valence electrons. The highest BCUT2D eigenvalue weighted by atomic mass is 16.5. The van der Waals surface area contributed by atoms with Crippen molar-refractivity contribution in [3.63, 3.8) is 0 Å². The molecule has 0 aromatic heterocycles. The highest BCUT2D eigenvalue weighted by molar-refractivity contribution is 5.89. The predicted molar refractivity (Wildman–Crippen MR) is 80.8 cm³/mol. The zero-order chi connectivity index (χ0) is 14.8. The van der Waals surface area contributed by atoms with Crippen LogP contribution < -0.4 is 10.1 Å². The summed E-state index contributed by atoms with van der Waals surface area (Å²) in [6, 6.07) is 6.12. The number of urea groups is 1. The Balaban J connectivity index is 1.66. The zero-order valence-electron chi connectivity index (χ0n) is 12.6. The highest BCUT2D eigenvalue weighted by Crippen LogP contribution is 2.28. The van der Waals surface area contributed by atoms with Gasteiger partial charge in [0.2, 0.25) is 0 Å². The SMILES string of the molecule is Cc1ccc(NC(=O)N(C)C2CC2)cc1O[C@H]1CCOC1. The van der Waals surface area contributed by atoms with Gasteiger partial charge in [-0.1, -0.05) is 6.07 Å². The predicted octanol–water partition coefficient (Wildman–Crippen LogP) is 2.79. The van der Waals surface area contributed by atoms with Crippen molar-refractivity contribution in [1.82, 2.24) is 4.90 Å². The van der Waals surface area contributed by atoms with E-state index in [1.807, 2.05) is 32.2 Å². The number of rotatable bonds is 4. The topological polar surface area (TPSA) is 50.8 Å². The molecule has 0 bridgehead atoms. The van der Waals surface area contributed by atoms with Gasteiger partial charge in [-0.15, -0.1) is 0 Å². The molecular formula is C16H22N2O3. The third-order valence-electron chi connectivity index (χ3n) is 4.04. The normalized spacial score (nSPS) is 21.1. The molecule has 1 aliphatic heterocycles. The van der Waals surface area contributed by atoms with Gasteiger partial charge >= 0.3 is 6.03 Å². The molecule has 2 aliphatic rings. The Morgan fingerprint density at radius 2 is 2.19 bits per heavy atom. The van der Waals surface area contributed by atoms with Gasteiger partial charge in [-0.2, -0.15) is 0 Å². The van der Waals surface area contributed by atoms with Crippen LogP contribution in [0.4, 0.5) is 10.5 Å². The van der Waals surface area contributed by atoms with Gasteiger partial charge in [-0.05, 0) is 31.4 Å². The summed E-state index contributed by atoms with van der Waals surface area (Å²) in [7, 11) is 1.84. The van der Waals surface area contributed by atoms with Crippen molar-refractivity contribution in [1.29, 1.82) is 0 Å². The van der Waals surface area contributed by atoms with Crippen LogP contribution in [-0.4, -0.2) is 43.3 Å². The second-order valence-electron chi connectivity index (χ2n) is 5.86. The molecule has 0 radical (unpaired) electrons. The number of amides is 2. The summed E-state index contributed by atoms with van der Waals surface area (Å²) in [5.74, 6) is 0.817. The van der Waals surface area contributed by atoms with Crippen molar-refractivity contribution in [2.24, 2.45) is 0 Å². The second kappa shape index (κ2) is 5.93. The summed E-state index contributed by atoms with van der Waals surface area (Å²) in [5, 5.41) is 2.93. The van der Waals surface area contributed by atoms with Crippen molar-refractivity contribution in [2.75, 3.05) is 25.6 Å². The third-order valence-corrected chi connectivity index (χ3v) is 4.04. The van der Waals surface area contributed by atoms with Crippen molar-refractivity contribution in [3.05, 3.63) is 23.8 Å². The minimum atomic E-state index is -0.0588. The fraction of sp³-hybridized carbons (Fsp3) is 0.562. The second-order valence-corrected chi connectivity index (χ2v) is 5.86. The molecule has 2 fully saturated rings. The molecule has 1 aromatic carbocycles. The van der Waals surface area contributed by atoms with E-state index >= 15 is 0 Å². The van der Waals surface area contributed by atoms with Crippen LogP contribution in [0.25, 0.3) is 0 Å². The first kappa shape index (κ1) is 14.2. The van der Waals surface area contributed by atoms with E-state index in [0.717, 1.165) is 42.9 Å². The number of anilines is 1. The molecular weight excluding hydrogens is 268 g/mol. The van der Waals surface area contributed by atoms with Crippen LogP contribution in [0.5, 0.6) is 5.75 Å². The number of nitrogens with zero attached hydrogens (tertiary/aromatic N) is 1. The minimum absolute atomic E-state index is 0.0588. The zero-order valence-corrected chi connectivity index (χ0v) is 12.6. The fourth-order valence-corrected chi connectivity index (χ4v) is 2.43. The lowest BCUT2D eigenvalue weighted by Crippen LogP contribution is -2.33. The molecule has 0 spiro atoms. The summed E-state index contributed by atoms with van der Waals surface area (Å²) in [6.07, 6.45) is 3.24. The third kappa shape index (κ3) is 3.47. The average Bonchev–Trinajstić information content (AvgIpc) is 3.20. The monoisotopic (exact) mass is 290 g/mol. The van der Waals surface area contributed by atoms with Crippen LogP contribution in [0, 0.1) is 6.92 Å². The molecule has 0 unspecified atom stereocenters. The standard InChI is InChI=1S/C16H22N2O3/c1-11-3-4-12(17-16(19)18(2)13-5-6-13)9-15(11)21-14-7-8-20-10-14/h3-4,9,13-14H,5-8,10H2,1-2H3,(H,17,19)/t14-/m0/s1. The molecule has 1 aromatic rings. The Hall–Kier alpha value is -1.75. The maximum absolute atomic E-state index is 12.1. The number of carbonyl (C=O) groups is 1. The van der Waals surface area contributed by atoms with Gasteiger partial charge in [0.15, 0.2) is 0 Å². The average molecular weight is 290 g/mol. The van der Waals surface area contributed by atoms with Gasteiger partial charge in [0.25, 0.3) is 0 Å². The molecule has 2 amide bonds.